The van der Waals surface area contributed by atoms with Crippen molar-refractivity contribution in [3.63, 3.8) is 0 Å². The average molecular weight is 433 g/mol. The SMILES string of the molecule is O=C(/C=C/c1ccccc1)Oc1cccc(/C=C/C(=O)c2ccc(Br)cc2)c1. The summed E-state index contributed by atoms with van der Waals surface area (Å²) in [7, 11) is 0. The Bertz CT molecular complexity index is 1020. The Balaban J connectivity index is 1.63. The number of ketones is 1. The van der Waals surface area contributed by atoms with Crippen LogP contribution in [0, 0.1) is 0 Å². The fourth-order valence-electron chi connectivity index (χ4n) is 2.44. The van der Waals surface area contributed by atoms with E-state index in [2.05, 4.69) is 15.9 Å². The standard InChI is InChI=1S/C24H17BrO3/c25-21-13-11-20(12-14-21)23(26)15-9-19-7-4-8-22(17-19)28-24(27)16-10-18-5-2-1-3-6-18/h1-17H/b15-9+,16-10+. The molecule has 0 heterocycles. The molecule has 0 fully saturated rings. The fraction of sp³-hybridized carbons (Fsp3) is 0. The summed E-state index contributed by atoms with van der Waals surface area (Å²) in [4.78, 5) is 24.2. The first-order chi connectivity index (χ1) is 13.6. The fourth-order valence-corrected chi connectivity index (χ4v) is 2.71. The van der Waals surface area contributed by atoms with Crippen molar-refractivity contribution in [2.75, 3.05) is 0 Å². The van der Waals surface area contributed by atoms with Gasteiger partial charge in [0.1, 0.15) is 5.75 Å². The van der Waals surface area contributed by atoms with E-state index < -0.39 is 5.97 Å². The van der Waals surface area contributed by atoms with Gasteiger partial charge in [0, 0.05) is 16.1 Å². The second-order valence-electron chi connectivity index (χ2n) is 5.94. The van der Waals surface area contributed by atoms with Crippen molar-refractivity contribution in [3.05, 3.63) is 112 Å². The lowest BCUT2D eigenvalue weighted by Crippen LogP contribution is -2.03. The van der Waals surface area contributed by atoms with Gasteiger partial charge in [-0.2, -0.15) is 0 Å². The van der Waals surface area contributed by atoms with Crippen LogP contribution in [-0.4, -0.2) is 11.8 Å². The van der Waals surface area contributed by atoms with Gasteiger partial charge >= 0.3 is 5.97 Å². The van der Waals surface area contributed by atoms with Crippen molar-refractivity contribution in [1.82, 2.24) is 0 Å². The summed E-state index contributed by atoms with van der Waals surface area (Å²) in [5.74, 6) is -0.141. The van der Waals surface area contributed by atoms with Gasteiger partial charge in [0.05, 0.1) is 0 Å². The van der Waals surface area contributed by atoms with Gasteiger partial charge in [-0.1, -0.05) is 64.5 Å². The molecule has 0 radical (unpaired) electrons. The molecule has 138 valence electrons. The maximum Gasteiger partial charge on any atom is 0.336 e. The highest BCUT2D eigenvalue weighted by Gasteiger charge is 2.03. The predicted octanol–water partition coefficient (Wildman–Crippen LogP) is 5.96. The Morgan fingerprint density at radius 3 is 2.18 bits per heavy atom. The molecule has 0 saturated heterocycles. The minimum Gasteiger partial charge on any atom is -0.423 e. The molecule has 0 aliphatic carbocycles. The van der Waals surface area contributed by atoms with Crippen LogP contribution in [0.3, 0.4) is 0 Å². The molecule has 0 aliphatic rings. The largest absolute Gasteiger partial charge is 0.423 e. The smallest absolute Gasteiger partial charge is 0.336 e. The second-order valence-corrected chi connectivity index (χ2v) is 6.86. The number of halogens is 1. The number of benzene rings is 3. The van der Waals surface area contributed by atoms with Gasteiger partial charge in [0.2, 0.25) is 0 Å². The number of hydrogen-bond donors (Lipinski definition) is 0. The summed E-state index contributed by atoms with van der Waals surface area (Å²) in [6.45, 7) is 0. The van der Waals surface area contributed by atoms with Gasteiger partial charge in [0.15, 0.2) is 5.78 Å². The van der Waals surface area contributed by atoms with Crippen LogP contribution in [0.1, 0.15) is 21.5 Å². The van der Waals surface area contributed by atoms with Crippen molar-refractivity contribution in [1.29, 1.82) is 0 Å². The Labute approximate surface area is 172 Å². The molecule has 3 aromatic rings. The molecule has 0 aromatic heterocycles. The topological polar surface area (TPSA) is 43.4 Å². The molecule has 3 rings (SSSR count). The number of allylic oxidation sites excluding steroid dienone is 1. The number of esters is 1. The van der Waals surface area contributed by atoms with E-state index in [1.807, 2.05) is 48.5 Å². The molecule has 4 heteroatoms. The van der Waals surface area contributed by atoms with E-state index in [4.69, 9.17) is 4.74 Å². The second kappa shape index (κ2) is 9.62. The summed E-state index contributed by atoms with van der Waals surface area (Å²) < 4.78 is 6.25. The third-order valence-corrected chi connectivity index (χ3v) is 4.37. The van der Waals surface area contributed by atoms with Crippen LogP contribution >= 0.6 is 15.9 Å². The van der Waals surface area contributed by atoms with E-state index in [9.17, 15) is 9.59 Å². The molecule has 0 unspecified atom stereocenters. The lowest BCUT2D eigenvalue weighted by molar-refractivity contribution is -0.128. The van der Waals surface area contributed by atoms with Crippen LogP contribution in [0.4, 0.5) is 0 Å². The van der Waals surface area contributed by atoms with Crippen molar-refractivity contribution in [3.8, 4) is 5.75 Å². The maximum absolute atomic E-state index is 12.2. The summed E-state index contributed by atoms with van der Waals surface area (Å²) in [5, 5.41) is 0. The lowest BCUT2D eigenvalue weighted by atomic mass is 10.1. The first kappa shape index (κ1) is 19.5. The predicted molar refractivity (Wildman–Crippen MR) is 115 cm³/mol. The van der Waals surface area contributed by atoms with Crippen LogP contribution in [0.5, 0.6) is 5.75 Å². The minimum absolute atomic E-state index is 0.0966. The molecule has 0 spiro atoms. The van der Waals surface area contributed by atoms with E-state index in [-0.39, 0.29) is 5.78 Å². The van der Waals surface area contributed by atoms with E-state index >= 15 is 0 Å². The maximum atomic E-state index is 12.2. The highest BCUT2D eigenvalue weighted by Crippen LogP contribution is 2.16. The summed E-state index contributed by atoms with van der Waals surface area (Å²) >= 11 is 3.35. The molecule has 0 saturated carbocycles. The number of hydrogen-bond acceptors (Lipinski definition) is 3. The number of rotatable bonds is 6. The zero-order chi connectivity index (χ0) is 19.8. The van der Waals surface area contributed by atoms with E-state index in [1.165, 1.54) is 12.2 Å². The third kappa shape index (κ3) is 5.89. The van der Waals surface area contributed by atoms with Crippen LogP contribution in [-0.2, 0) is 4.79 Å². The molecular weight excluding hydrogens is 416 g/mol. The highest BCUT2D eigenvalue weighted by molar-refractivity contribution is 9.10. The molecule has 0 N–H and O–H groups in total. The monoisotopic (exact) mass is 432 g/mol. The zero-order valence-corrected chi connectivity index (χ0v) is 16.5. The van der Waals surface area contributed by atoms with Gasteiger partial charge in [-0.05, 0) is 59.7 Å². The Hall–Kier alpha value is -3.24. The highest BCUT2D eigenvalue weighted by atomic mass is 79.9. The molecule has 0 bridgehead atoms. The molecule has 0 amide bonds. The molecule has 28 heavy (non-hydrogen) atoms. The zero-order valence-electron chi connectivity index (χ0n) is 14.9. The normalized spacial score (nSPS) is 11.0. The van der Waals surface area contributed by atoms with E-state index in [0.717, 1.165) is 15.6 Å². The number of ether oxygens (including phenoxy) is 1. The Morgan fingerprint density at radius 2 is 1.43 bits per heavy atom. The van der Waals surface area contributed by atoms with Crippen molar-refractivity contribution >= 4 is 39.8 Å². The van der Waals surface area contributed by atoms with Crippen LogP contribution in [0.2, 0.25) is 0 Å². The van der Waals surface area contributed by atoms with Crippen LogP contribution in [0.15, 0.2) is 95.5 Å². The average Bonchev–Trinajstić information content (AvgIpc) is 2.72. The quantitative estimate of drug-likeness (QED) is 0.208. The Kier molecular flexibility index (Phi) is 6.71. The van der Waals surface area contributed by atoms with Crippen molar-refractivity contribution < 1.29 is 14.3 Å². The molecule has 3 nitrogen and oxygen atoms in total. The van der Waals surface area contributed by atoms with E-state index in [1.54, 1.807) is 42.5 Å². The lowest BCUT2D eigenvalue weighted by Gasteiger charge is -2.02. The third-order valence-electron chi connectivity index (χ3n) is 3.84. The van der Waals surface area contributed by atoms with Gasteiger partial charge in [-0.25, -0.2) is 4.79 Å². The number of carbonyl (C=O) groups excluding carboxylic acids is 2. The van der Waals surface area contributed by atoms with Gasteiger partial charge in [-0.15, -0.1) is 0 Å². The van der Waals surface area contributed by atoms with Crippen molar-refractivity contribution in [2.45, 2.75) is 0 Å². The molecule has 3 aromatic carbocycles. The summed E-state index contributed by atoms with van der Waals surface area (Å²) in [6, 6.07) is 23.7. The van der Waals surface area contributed by atoms with Gasteiger partial charge in [-0.3, -0.25) is 4.79 Å². The minimum atomic E-state index is -0.462. The Morgan fingerprint density at radius 1 is 0.750 bits per heavy atom. The van der Waals surface area contributed by atoms with Crippen LogP contribution in [0.25, 0.3) is 12.2 Å². The van der Waals surface area contributed by atoms with Gasteiger partial charge in [0.25, 0.3) is 0 Å². The molecule has 0 atom stereocenters. The summed E-state index contributed by atoms with van der Waals surface area (Å²) in [6.07, 6.45) is 6.28. The number of carbonyl (C=O) groups is 2. The van der Waals surface area contributed by atoms with Gasteiger partial charge < -0.3 is 4.74 Å². The van der Waals surface area contributed by atoms with Crippen LogP contribution < -0.4 is 4.74 Å². The molecular formula is C24H17BrO3. The first-order valence-electron chi connectivity index (χ1n) is 8.63. The van der Waals surface area contributed by atoms with E-state index in [0.29, 0.717) is 11.3 Å². The summed E-state index contributed by atoms with van der Waals surface area (Å²) in [5.41, 5.74) is 2.29. The first-order valence-corrected chi connectivity index (χ1v) is 9.42. The molecule has 0 aliphatic heterocycles. The van der Waals surface area contributed by atoms with Crippen molar-refractivity contribution in [2.24, 2.45) is 0 Å².